The van der Waals surface area contributed by atoms with Gasteiger partial charge in [-0.2, -0.15) is 0 Å². The number of nitrogens with zero attached hydrogens (tertiary/aromatic N) is 1. The Bertz CT molecular complexity index is 564. The second kappa shape index (κ2) is 7.37. The van der Waals surface area contributed by atoms with Crippen molar-refractivity contribution in [2.24, 2.45) is 0 Å². The number of aliphatic hydroxyl groups is 1. The van der Waals surface area contributed by atoms with Gasteiger partial charge in [0.1, 0.15) is 10.5 Å². The van der Waals surface area contributed by atoms with Crippen molar-refractivity contribution in [3.05, 3.63) is 27.6 Å². The highest BCUT2D eigenvalue weighted by molar-refractivity contribution is 7.17. The lowest BCUT2D eigenvalue weighted by Gasteiger charge is -2.04. The molecule has 0 spiro atoms. The van der Waals surface area contributed by atoms with E-state index in [4.69, 9.17) is 5.11 Å². The zero-order valence-corrected chi connectivity index (χ0v) is 11.6. The third kappa shape index (κ3) is 4.12. The van der Waals surface area contributed by atoms with Crippen LogP contribution in [0.1, 0.15) is 31.5 Å². The van der Waals surface area contributed by atoms with Crippen molar-refractivity contribution in [1.29, 1.82) is 0 Å². The van der Waals surface area contributed by atoms with E-state index in [9.17, 15) is 4.79 Å². The topological polar surface area (TPSA) is 78.0 Å². The van der Waals surface area contributed by atoms with Crippen LogP contribution < -0.4 is 10.9 Å². The SMILES string of the molecule is O=c1[nH]c(CNCCCCCCO)nc2ccsc12. The van der Waals surface area contributed by atoms with Gasteiger partial charge in [-0.3, -0.25) is 4.79 Å². The van der Waals surface area contributed by atoms with Gasteiger partial charge in [-0.25, -0.2) is 4.98 Å². The maximum absolute atomic E-state index is 11.7. The van der Waals surface area contributed by atoms with Crippen molar-refractivity contribution >= 4 is 21.6 Å². The number of aliphatic hydroxyl groups excluding tert-OH is 1. The van der Waals surface area contributed by atoms with Crippen LogP contribution in [0, 0.1) is 0 Å². The van der Waals surface area contributed by atoms with E-state index in [1.807, 2.05) is 11.4 Å². The minimum absolute atomic E-state index is 0.0558. The maximum atomic E-state index is 11.7. The molecular weight excluding hydrogens is 262 g/mol. The molecule has 2 aromatic rings. The van der Waals surface area contributed by atoms with Crippen molar-refractivity contribution in [3.63, 3.8) is 0 Å². The van der Waals surface area contributed by atoms with Crippen LogP contribution in [0.15, 0.2) is 16.2 Å². The first kappa shape index (κ1) is 14.2. The predicted molar refractivity (Wildman–Crippen MR) is 77.5 cm³/mol. The fourth-order valence-electron chi connectivity index (χ4n) is 1.93. The smallest absolute Gasteiger partial charge is 0.268 e. The summed E-state index contributed by atoms with van der Waals surface area (Å²) < 4.78 is 0.688. The molecule has 0 bridgehead atoms. The molecule has 104 valence electrons. The summed E-state index contributed by atoms with van der Waals surface area (Å²) in [5, 5.41) is 13.8. The summed E-state index contributed by atoms with van der Waals surface area (Å²) in [6.45, 7) is 1.76. The Labute approximate surface area is 115 Å². The molecule has 2 rings (SSSR count). The average Bonchev–Trinajstić information content (AvgIpc) is 2.86. The van der Waals surface area contributed by atoms with Gasteiger partial charge in [-0.15, -0.1) is 11.3 Å². The van der Waals surface area contributed by atoms with Crippen LogP contribution in [-0.4, -0.2) is 28.2 Å². The van der Waals surface area contributed by atoms with Crippen LogP contribution in [0.5, 0.6) is 0 Å². The van der Waals surface area contributed by atoms with Crippen LogP contribution >= 0.6 is 11.3 Å². The molecule has 0 fully saturated rings. The predicted octanol–water partition coefficient (Wildman–Crippen LogP) is 1.63. The molecule has 6 heteroatoms. The Morgan fingerprint density at radius 1 is 1.32 bits per heavy atom. The quantitative estimate of drug-likeness (QED) is 0.643. The van der Waals surface area contributed by atoms with E-state index < -0.39 is 0 Å². The number of H-pyrrole nitrogens is 1. The van der Waals surface area contributed by atoms with Gasteiger partial charge in [0.25, 0.3) is 5.56 Å². The van der Waals surface area contributed by atoms with E-state index in [2.05, 4.69) is 15.3 Å². The van der Waals surface area contributed by atoms with Crippen LogP contribution in [0.3, 0.4) is 0 Å². The summed E-state index contributed by atoms with van der Waals surface area (Å²) in [7, 11) is 0. The summed E-state index contributed by atoms with van der Waals surface area (Å²) in [6.07, 6.45) is 4.13. The molecule has 3 N–H and O–H groups in total. The normalized spacial score (nSPS) is 11.2. The molecular formula is C13H19N3O2S. The lowest BCUT2D eigenvalue weighted by atomic mass is 10.2. The van der Waals surface area contributed by atoms with Gasteiger partial charge in [0.15, 0.2) is 0 Å². The van der Waals surface area contributed by atoms with Gasteiger partial charge >= 0.3 is 0 Å². The van der Waals surface area contributed by atoms with Gasteiger partial charge in [0, 0.05) is 6.61 Å². The van der Waals surface area contributed by atoms with Gasteiger partial charge in [0.05, 0.1) is 12.1 Å². The number of unbranched alkanes of at least 4 members (excludes halogenated alkanes) is 3. The Morgan fingerprint density at radius 2 is 2.16 bits per heavy atom. The second-order valence-electron chi connectivity index (χ2n) is 4.46. The summed E-state index contributed by atoms with van der Waals surface area (Å²) in [5.41, 5.74) is 0.716. The highest BCUT2D eigenvalue weighted by Gasteiger charge is 2.04. The van der Waals surface area contributed by atoms with E-state index in [-0.39, 0.29) is 12.2 Å². The summed E-state index contributed by atoms with van der Waals surface area (Å²) >= 11 is 1.42. The number of hydrogen-bond donors (Lipinski definition) is 3. The van der Waals surface area contributed by atoms with Gasteiger partial charge in [-0.1, -0.05) is 12.8 Å². The molecule has 0 aliphatic rings. The number of aromatic amines is 1. The fourth-order valence-corrected chi connectivity index (χ4v) is 2.65. The number of rotatable bonds is 8. The second-order valence-corrected chi connectivity index (χ2v) is 5.38. The zero-order valence-electron chi connectivity index (χ0n) is 10.8. The number of aromatic nitrogens is 2. The summed E-state index contributed by atoms with van der Waals surface area (Å²) in [6, 6.07) is 1.87. The molecule has 0 radical (unpaired) electrons. The number of thiophene rings is 1. The van der Waals surface area contributed by atoms with Gasteiger partial charge in [-0.05, 0) is 30.8 Å². The third-order valence-corrected chi connectivity index (χ3v) is 3.82. The van der Waals surface area contributed by atoms with Crippen molar-refractivity contribution in [1.82, 2.24) is 15.3 Å². The molecule has 2 aromatic heterocycles. The summed E-state index contributed by atoms with van der Waals surface area (Å²) in [5.74, 6) is 0.686. The van der Waals surface area contributed by atoms with E-state index in [1.54, 1.807) is 0 Å². The molecule has 0 atom stereocenters. The van der Waals surface area contributed by atoms with Crippen LogP contribution in [0.4, 0.5) is 0 Å². The third-order valence-electron chi connectivity index (χ3n) is 2.92. The van der Waals surface area contributed by atoms with E-state index >= 15 is 0 Å². The van der Waals surface area contributed by atoms with Crippen molar-refractivity contribution in [3.8, 4) is 0 Å². The lowest BCUT2D eigenvalue weighted by Crippen LogP contribution is -2.19. The van der Waals surface area contributed by atoms with Crippen molar-refractivity contribution < 1.29 is 5.11 Å². The Balaban J connectivity index is 1.77. The minimum Gasteiger partial charge on any atom is -0.396 e. The molecule has 0 aliphatic carbocycles. The molecule has 2 heterocycles. The Hall–Kier alpha value is -1.24. The number of fused-ring (bicyclic) bond motifs is 1. The monoisotopic (exact) mass is 281 g/mol. The highest BCUT2D eigenvalue weighted by Crippen LogP contribution is 2.13. The summed E-state index contributed by atoms with van der Waals surface area (Å²) in [4.78, 5) is 18.9. The first-order valence-corrected chi connectivity index (χ1v) is 7.47. The average molecular weight is 281 g/mol. The molecule has 19 heavy (non-hydrogen) atoms. The first-order chi connectivity index (χ1) is 9.31. The van der Waals surface area contributed by atoms with E-state index in [0.717, 1.165) is 37.7 Å². The molecule has 0 aliphatic heterocycles. The molecule has 0 saturated heterocycles. The zero-order chi connectivity index (χ0) is 13.5. The Kier molecular flexibility index (Phi) is 5.50. The molecule has 5 nitrogen and oxygen atoms in total. The molecule has 0 unspecified atom stereocenters. The van der Waals surface area contributed by atoms with Crippen molar-refractivity contribution in [2.75, 3.05) is 13.2 Å². The van der Waals surface area contributed by atoms with E-state index in [1.165, 1.54) is 11.3 Å². The van der Waals surface area contributed by atoms with Crippen LogP contribution in [0.25, 0.3) is 10.2 Å². The molecule has 0 aromatic carbocycles. The minimum atomic E-state index is -0.0558. The van der Waals surface area contributed by atoms with E-state index in [0.29, 0.717) is 17.1 Å². The Morgan fingerprint density at radius 3 is 3.00 bits per heavy atom. The largest absolute Gasteiger partial charge is 0.396 e. The first-order valence-electron chi connectivity index (χ1n) is 6.59. The fraction of sp³-hybridized carbons (Fsp3) is 0.538. The van der Waals surface area contributed by atoms with Crippen LogP contribution in [-0.2, 0) is 6.54 Å². The van der Waals surface area contributed by atoms with Crippen LogP contribution in [0.2, 0.25) is 0 Å². The maximum Gasteiger partial charge on any atom is 0.268 e. The van der Waals surface area contributed by atoms with Gasteiger partial charge < -0.3 is 15.4 Å². The highest BCUT2D eigenvalue weighted by atomic mass is 32.1. The number of nitrogens with one attached hydrogen (secondary N) is 2. The van der Waals surface area contributed by atoms with Crippen molar-refractivity contribution in [2.45, 2.75) is 32.2 Å². The molecule has 0 amide bonds. The van der Waals surface area contributed by atoms with Gasteiger partial charge in [0.2, 0.25) is 0 Å². The standard InChI is InChI=1S/C13H19N3O2S/c17-7-4-2-1-3-6-14-9-11-15-10-5-8-19-12(10)13(18)16-11/h5,8,14,17H,1-4,6-7,9H2,(H,15,16,18). The number of hydrogen-bond acceptors (Lipinski definition) is 5. The lowest BCUT2D eigenvalue weighted by molar-refractivity contribution is 0.282. The molecule has 0 saturated carbocycles.